The molecule has 0 aliphatic carbocycles. The first-order valence-electron chi connectivity index (χ1n) is 8.02. The average Bonchev–Trinajstić information content (AvgIpc) is 3.08. The Hall–Kier alpha value is -1.07. The maximum Gasteiger partial charge on any atom is 0.268 e. The molecule has 3 rings (SSSR count). The molecule has 0 aromatic heterocycles. The van der Waals surface area contributed by atoms with E-state index in [0.29, 0.717) is 22.3 Å². The number of carbonyl (C=O) groups excluding carboxylic acids is 1. The summed E-state index contributed by atoms with van der Waals surface area (Å²) in [5.74, 6) is -0.120. The van der Waals surface area contributed by atoms with Gasteiger partial charge < -0.3 is 4.90 Å². The van der Waals surface area contributed by atoms with Gasteiger partial charge in [0.2, 0.25) is 0 Å². The number of carbonyl (C=O) groups is 1. The fourth-order valence-corrected chi connectivity index (χ4v) is 5.81. The quantitative estimate of drug-likeness (QED) is 0.433. The first kappa shape index (κ1) is 19.7. The Morgan fingerprint density at radius 3 is 2.54 bits per heavy atom. The van der Waals surface area contributed by atoms with Gasteiger partial charge in [-0.05, 0) is 32.4 Å². The number of anilines is 1. The lowest BCUT2D eigenvalue weighted by Crippen LogP contribution is -2.29. The predicted octanol–water partition coefficient (Wildman–Crippen LogP) is 3.31. The van der Waals surface area contributed by atoms with Gasteiger partial charge in [-0.25, -0.2) is 0 Å². The predicted molar refractivity (Wildman–Crippen MR) is 110 cm³/mol. The Balaban J connectivity index is 1.96. The summed E-state index contributed by atoms with van der Waals surface area (Å²) in [6.07, 6.45) is 0.241. The van der Waals surface area contributed by atoms with Gasteiger partial charge in [-0.2, -0.15) is 8.42 Å². The van der Waals surface area contributed by atoms with Crippen molar-refractivity contribution in [3.8, 4) is 0 Å². The largest absolute Gasteiger partial charge is 0.334 e. The smallest absolute Gasteiger partial charge is 0.268 e. The van der Waals surface area contributed by atoms with Gasteiger partial charge in [0.15, 0.2) is 0 Å². The molecular formula is C16H18N2O4S4. The van der Waals surface area contributed by atoms with Crippen molar-refractivity contribution in [2.75, 3.05) is 18.0 Å². The van der Waals surface area contributed by atoms with E-state index >= 15 is 0 Å². The van der Waals surface area contributed by atoms with E-state index in [1.165, 1.54) is 30.4 Å². The van der Waals surface area contributed by atoms with Gasteiger partial charge in [-0.1, -0.05) is 47.9 Å². The summed E-state index contributed by atoms with van der Waals surface area (Å²) in [5, 5.41) is -0.117. The Bertz CT molecular complexity index is 897. The van der Waals surface area contributed by atoms with E-state index in [1.807, 2.05) is 36.1 Å². The van der Waals surface area contributed by atoms with Crippen molar-refractivity contribution in [1.29, 1.82) is 0 Å². The lowest BCUT2D eigenvalue weighted by Gasteiger charge is -2.22. The van der Waals surface area contributed by atoms with E-state index in [-0.39, 0.29) is 12.3 Å². The SMILES string of the molecule is CCN1C(=O)/C(=C2\Sc3ccccc3N2CCC(C)S(=O)(=O)O)SC1=S. The topological polar surface area (TPSA) is 77.9 Å². The van der Waals surface area contributed by atoms with Crippen LogP contribution in [0.1, 0.15) is 20.3 Å². The Labute approximate surface area is 166 Å². The van der Waals surface area contributed by atoms with E-state index in [0.717, 1.165) is 15.6 Å². The standard InChI is InChI=1S/C16H18N2O4S4/c1-3-17-14(19)13(25-16(17)23)15-18(9-8-10(2)26(20,21)22)11-6-4-5-7-12(11)24-15/h4-7,10H,3,8-9H2,1-2H3,(H,20,21,22)/b15-13+. The number of likely N-dealkylation sites (N-methyl/N-ethyl adjacent to an activating group) is 1. The molecule has 26 heavy (non-hydrogen) atoms. The van der Waals surface area contributed by atoms with Gasteiger partial charge in [0.25, 0.3) is 16.0 Å². The normalized spacial score (nSPS) is 21.5. The van der Waals surface area contributed by atoms with E-state index < -0.39 is 15.4 Å². The van der Waals surface area contributed by atoms with Crippen LogP contribution in [0.25, 0.3) is 0 Å². The van der Waals surface area contributed by atoms with Crippen LogP contribution in [0.5, 0.6) is 0 Å². The highest BCUT2D eigenvalue weighted by molar-refractivity contribution is 8.27. The van der Waals surface area contributed by atoms with Crippen molar-refractivity contribution < 1.29 is 17.8 Å². The van der Waals surface area contributed by atoms with Crippen molar-refractivity contribution in [1.82, 2.24) is 4.90 Å². The van der Waals surface area contributed by atoms with Gasteiger partial charge in [0.1, 0.15) is 14.3 Å². The Morgan fingerprint density at radius 1 is 1.23 bits per heavy atom. The van der Waals surface area contributed by atoms with Crippen molar-refractivity contribution in [3.63, 3.8) is 0 Å². The van der Waals surface area contributed by atoms with Crippen LogP contribution < -0.4 is 4.90 Å². The molecule has 1 fully saturated rings. The van der Waals surface area contributed by atoms with Crippen molar-refractivity contribution in [2.45, 2.75) is 30.4 Å². The molecule has 1 aromatic rings. The highest BCUT2D eigenvalue weighted by Gasteiger charge is 2.38. The van der Waals surface area contributed by atoms with Crippen molar-refractivity contribution >= 4 is 61.8 Å². The molecule has 140 valence electrons. The van der Waals surface area contributed by atoms with E-state index in [9.17, 15) is 17.8 Å². The van der Waals surface area contributed by atoms with E-state index in [2.05, 4.69) is 0 Å². The number of rotatable bonds is 5. The van der Waals surface area contributed by atoms with E-state index in [4.69, 9.17) is 12.2 Å². The van der Waals surface area contributed by atoms with Crippen LogP contribution in [-0.4, -0.2) is 46.4 Å². The van der Waals surface area contributed by atoms with Gasteiger partial charge in [0, 0.05) is 18.0 Å². The summed E-state index contributed by atoms with van der Waals surface area (Å²) in [5.41, 5.74) is 0.928. The molecule has 2 heterocycles. The van der Waals surface area contributed by atoms with Crippen LogP contribution in [0.2, 0.25) is 0 Å². The fraction of sp³-hybridized carbons (Fsp3) is 0.375. The molecule has 1 amide bonds. The molecule has 0 radical (unpaired) electrons. The molecule has 1 aromatic carbocycles. The molecule has 2 aliphatic rings. The van der Waals surface area contributed by atoms with Crippen LogP contribution in [0.4, 0.5) is 5.69 Å². The molecule has 10 heteroatoms. The number of fused-ring (bicyclic) bond motifs is 1. The third kappa shape index (κ3) is 3.65. The number of thiocarbonyl (C=S) groups is 1. The van der Waals surface area contributed by atoms with Gasteiger partial charge in [-0.3, -0.25) is 14.2 Å². The molecule has 1 N–H and O–H groups in total. The zero-order chi connectivity index (χ0) is 19.1. The second kappa shape index (κ2) is 7.51. The molecule has 2 aliphatic heterocycles. The summed E-state index contributed by atoms with van der Waals surface area (Å²) in [7, 11) is -4.09. The highest BCUT2D eigenvalue weighted by Crippen LogP contribution is 2.50. The number of hydrogen-bond acceptors (Lipinski definition) is 7. The molecule has 0 spiro atoms. The summed E-state index contributed by atoms with van der Waals surface area (Å²) in [6, 6.07) is 7.73. The zero-order valence-electron chi connectivity index (χ0n) is 14.2. The molecule has 0 bridgehead atoms. The highest BCUT2D eigenvalue weighted by atomic mass is 32.2. The minimum Gasteiger partial charge on any atom is -0.334 e. The van der Waals surface area contributed by atoms with Crippen molar-refractivity contribution in [2.24, 2.45) is 0 Å². The maximum atomic E-state index is 12.7. The molecular weight excluding hydrogens is 412 g/mol. The van der Waals surface area contributed by atoms with Crippen LogP contribution in [0, 0.1) is 0 Å². The van der Waals surface area contributed by atoms with Gasteiger partial charge in [0.05, 0.1) is 10.9 Å². The zero-order valence-corrected chi connectivity index (χ0v) is 17.5. The third-order valence-corrected chi connectivity index (χ3v) is 8.24. The summed E-state index contributed by atoms with van der Waals surface area (Å²) in [4.78, 5) is 17.8. The second-order valence-electron chi connectivity index (χ2n) is 5.89. The molecule has 6 nitrogen and oxygen atoms in total. The fourth-order valence-electron chi connectivity index (χ4n) is 2.69. The lowest BCUT2D eigenvalue weighted by molar-refractivity contribution is -0.122. The summed E-state index contributed by atoms with van der Waals surface area (Å²) >= 11 is 8.06. The second-order valence-corrected chi connectivity index (χ2v) is 10.4. The van der Waals surface area contributed by atoms with E-state index in [1.54, 1.807) is 4.90 Å². The number of thioether (sulfide) groups is 2. The van der Waals surface area contributed by atoms with Crippen molar-refractivity contribution in [3.05, 3.63) is 34.2 Å². The molecule has 1 unspecified atom stereocenters. The molecule has 0 saturated carbocycles. The number of hydrogen-bond donors (Lipinski definition) is 1. The molecule has 1 atom stereocenters. The Morgan fingerprint density at radius 2 is 1.92 bits per heavy atom. The number of benzene rings is 1. The van der Waals surface area contributed by atoms with Gasteiger partial charge >= 0.3 is 0 Å². The maximum absolute atomic E-state index is 12.7. The van der Waals surface area contributed by atoms with Gasteiger partial charge in [-0.15, -0.1) is 0 Å². The first-order chi connectivity index (χ1) is 12.2. The lowest BCUT2D eigenvalue weighted by atomic mass is 10.2. The summed E-state index contributed by atoms with van der Waals surface area (Å²) < 4.78 is 32.4. The number of nitrogens with zero attached hydrogens (tertiary/aromatic N) is 2. The van der Waals surface area contributed by atoms with Crippen LogP contribution in [0.15, 0.2) is 39.1 Å². The van der Waals surface area contributed by atoms with Crippen LogP contribution >= 0.6 is 35.7 Å². The molecule has 1 saturated heterocycles. The monoisotopic (exact) mass is 430 g/mol. The Kier molecular flexibility index (Phi) is 5.69. The number of amides is 1. The number of para-hydroxylation sites is 1. The minimum absolute atomic E-state index is 0.120. The summed E-state index contributed by atoms with van der Waals surface area (Å²) in [6.45, 7) is 4.23. The van der Waals surface area contributed by atoms with Crippen LogP contribution in [-0.2, 0) is 14.9 Å². The first-order valence-corrected chi connectivity index (χ1v) is 11.6. The average molecular weight is 431 g/mol. The minimum atomic E-state index is -4.09. The van der Waals surface area contributed by atoms with Crippen LogP contribution in [0.3, 0.4) is 0 Å². The third-order valence-electron chi connectivity index (χ3n) is 4.24.